The predicted molar refractivity (Wildman–Crippen MR) is 65.6 cm³/mol. The van der Waals surface area contributed by atoms with E-state index in [9.17, 15) is 0 Å². The van der Waals surface area contributed by atoms with Crippen molar-refractivity contribution in [3.05, 3.63) is 23.8 Å². The molecule has 1 aromatic rings. The number of methoxy groups -OCH3 is 1. The second kappa shape index (κ2) is 6.47. The molecule has 1 aliphatic heterocycles. The monoisotopic (exact) mass is 237 g/mol. The van der Waals surface area contributed by atoms with Gasteiger partial charge in [-0.05, 0) is 37.1 Å². The Morgan fingerprint density at radius 3 is 3.00 bits per heavy atom. The fraction of sp³-hybridized carbons (Fsp3) is 0.538. The van der Waals surface area contributed by atoms with Crippen LogP contribution in [0.3, 0.4) is 0 Å². The highest BCUT2D eigenvalue weighted by Crippen LogP contribution is 2.32. The summed E-state index contributed by atoms with van der Waals surface area (Å²) in [6, 6.07) is 6.15. The van der Waals surface area contributed by atoms with Gasteiger partial charge in [-0.3, -0.25) is 0 Å². The minimum Gasteiger partial charge on any atom is -0.454 e. The Kier molecular flexibility index (Phi) is 4.64. The van der Waals surface area contributed by atoms with E-state index in [0.29, 0.717) is 6.79 Å². The molecule has 17 heavy (non-hydrogen) atoms. The third kappa shape index (κ3) is 3.61. The van der Waals surface area contributed by atoms with Gasteiger partial charge in [-0.2, -0.15) is 0 Å². The topological polar surface area (TPSA) is 39.7 Å². The number of nitrogens with one attached hydrogen (secondary N) is 1. The number of ether oxygens (including phenoxy) is 3. The van der Waals surface area contributed by atoms with E-state index < -0.39 is 0 Å². The van der Waals surface area contributed by atoms with Crippen LogP contribution in [0.5, 0.6) is 11.5 Å². The zero-order valence-electron chi connectivity index (χ0n) is 10.2. The van der Waals surface area contributed by atoms with Crippen LogP contribution in [0.25, 0.3) is 0 Å². The van der Waals surface area contributed by atoms with Gasteiger partial charge in [0.2, 0.25) is 6.79 Å². The van der Waals surface area contributed by atoms with Crippen LogP contribution in [-0.2, 0) is 11.2 Å². The smallest absolute Gasteiger partial charge is 0.231 e. The molecule has 0 radical (unpaired) electrons. The number of hydrogen-bond acceptors (Lipinski definition) is 4. The third-order valence-electron chi connectivity index (χ3n) is 2.74. The Hall–Kier alpha value is -1.26. The number of rotatable bonds is 7. The van der Waals surface area contributed by atoms with E-state index in [-0.39, 0.29) is 0 Å². The second-order valence-electron chi connectivity index (χ2n) is 4.03. The van der Waals surface area contributed by atoms with E-state index in [2.05, 4.69) is 17.4 Å². The summed E-state index contributed by atoms with van der Waals surface area (Å²) in [5, 5.41) is 3.33. The normalized spacial score (nSPS) is 13.0. The molecule has 0 aromatic heterocycles. The highest BCUT2D eigenvalue weighted by molar-refractivity contribution is 5.44. The number of fused-ring (bicyclic) bond motifs is 1. The molecule has 0 amide bonds. The number of benzene rings is 1. The average molecular weight is 237 g/mol. The van der Waals surface area contributed by atoms with Crippen LogP contribution in [-0.4, -0.2) is 33.6 Å². The van der Waals surface area contributed by atoms with Crippen molar-refractivity contribution < 1.29 is 14.2 Å². The minimum atomic E-state index is 0.345. The van der Waals surface area contributed by atoms with E-state index in [1.807, 2.05) is 6.07 Å². The van der Waals surface area contributed by atoms with Gasteiger partial charge in [0.15, 0.2) is 11.5 Å². The van der Waals surface area contributed by atoms with E-state index in [1.165, 1.54) is 5.56 Å². The van der Waals surface area contributed by atoms with Gasteiger partial charge < -0.3 is 19.5 Å². The molecule has 0 bridgehead atoms. The van der Waals surface area contributed by atoms with Gasteiger partial charge in [0.1, 0.15) is 0 Å². The van der Waals surface area contributed by atoms with Crippen molar-refractivity contribution in [3.63, 3.8) is 0 Å². The van der Waals surface area contributed by atoms with Gasteiger partial charge in [-0.15, -0.1) is 0 Å². The van der Waals surface area contributed by atoms with E-state index >= 15 is 0 Å². The summed E-state index contributed by atoms with van der Waals surface area (Å²) in [6.07, 6.45) is 2.17. The molecule has 1 aliphatic rings. The summed E-state index contributed by atoms with van der Waals surface area (Å²) < 4.78 is 15.6. The van der Waals surface area contributed by atoms with Gasteiger partial charge in [0, 0.05) is 13.7 Å². The lowest BCUT2D eigenvalue weighted by atomic mass is 10.1. The summed E-state index contributed by atoms with van der Waals surface area (Å²) >= 11 is 0. The standard InChI is InChI=1S/C13H19NO3/c1-15-8-7-14-6-2-3-11-4-5-12-13(9-11)17-10-16-12/h4-5,9,14H,2-3,6-8,10H2,1H3. The molecule has 4 nitrogen and oxygen atoms in total. The molecule has 94 valence electrons. The second-order valence-corrected chi connectivity index (χ2v) is 4.03. The molecule has 0 saturated carbocycles. The minimum absolute atomic E-state index is 0.345. The molecular weight excluding hydrogens is 218 g/mol. The molecule has 0 saturated heterocycles. The van der Waals surface area contributed by atoms with Crippen molar-refractivity contribution >= 4 is 0 Å². The maximum absolute atomic E-state index is 5.34. The molecule has 1 aromatic carbocycles. The Balaban J connectivity index is 1.69. The molecule has 1 N–H and O–H groups in total. The first-order valence-electron chi connectivity index (χ1n) is 5.98. The Bertz CT molecular complexity index is 355. The first-order valence-corrected chi connectivity index (χ1v) is 5.98. The largest absolute Gasteiger partial charge is 0.454 e. The molecule has 0 fully saturated rings. The van der Waals surface area contributed by atoms with Gasteiger partial charge in [-0.1, -0.05) is 6.07 Å². The van der Waals surface area contributed by atoms with Crippen LogP contribution in [0.1, 0.15) is 12.0 Å². The van der Waals surface area contributed by atoms with Crippen LogP contribution < -0.4 is 14.8 Å². The predicted octanol–water partition coefficient (Wildman–Crippen LogP) is 1.58. The molecule has 4 heteroatoms. The first-order chi connectivity index (χ1) is 8.40. The molecular formula is C13H19NO3. The fourth-order valence-corrected chi connectivity index (χ4v) is 1.81. The Morgan fingerprint density at radius 2 is 2.12 bits per heavy atom. The van der Waals surface area contributed by atoms with Crippen molar-refractivity contribution in [3.8, 4) is 11.5 Å². The van der Waals surface area contributed by atoms with Crippen LogP contribution in [0, 0.1) is 0 Å². The quantitative estimate of drug-likeness (QED) is 0.731. The highest BCUT2D eigenvalue weighted by atomic mass is 16.7. The van der Waals surface area contributed by atoms with Crippen molar-refractivity contribution in [2.24, 2.45) is 0 Å². The molecule has 0 aliphatic carbocycles. The van der Waals surface area contributed by atoms with Crippen molar-refractivity contribution in [1.82, 2.24) is 5.32 Å². The zero-order chi connectivity index (χ0) is 11.9. The van der Waals surface area contributed by atoms with E-state index in [4.69, 9.17) is 14.2 Å². The van der Waals surface area contributed by atoms with E-state index in [0.717, 1.165) is 44.0 Å². The summed E-state index contributed by atoms with van der Waals surface area (Å²) in [5.41, 5.74) is 1.29. The third-order valence-corrected chi connectivity index (χ3v) is 2.74. The lowest BCUT2D eigenvalue weighted by Crippen LogP contribution is -2.20. The van der Waals surface area contributed by atoms with Crippen molar-refractivity contribution in [1.29, 1.82) is 0 Å². The lowest BCUT2D eigenvalue weighted by Gasteiger charge is -2.05. The zero-order valence-corrected chi connectivity index (χ0v) is 10.2. The van der Waals surface area contributed by atoms with Crippen LogP contribution in [0.4, 0.5) is 0 Å². The molecule has 0 unspecified atom stereocenters. The summed E-state index contributed by atoms with van der Waals surface area (Å²) in [5.74, 6) is 1.72. The molecule has 1 heterocycles. The molecule has 0 spiro atoms. The van der Waals surface area contributed by atoms with Crippen molar-refractivity contribution in [2.75, 3.05) is 33.6 Å². The van der Waals surface area contributed by atoms with Crippen LogP contribution in [0.15, 0.2) is 18.2 Å². The van der Waals surface area contributed by atoms with Gasteiger partial charge in [0.25, 0.3) is 0 Å². The van der Waals surface area contributed by atoms with Gasteiger partial charge >= 0.3 is 0 Å². The Labute approximate surface area is 102 Å². The highest BCUT2D eigenvalue weighted by Gasteiger charge is 2.12. The SMILES string of the molecule is COCCNCCCc1ccc2c(c1)OCO2. The van der Waals surface area contributed by atoms with Crippen LogP contribution in [0.2, 0.25) is 0 Å². The maximum Gasteiger partial charge on any atom is 0.231 e. The van der Waals surface area contributed by atoms with Crippen LogP contribution >= 0.6 is 0 Å². The first kappa shape index (κ1) is 12.2. The molecule has 2 rings (SSSR count). The maximum atomic E-state index is 5.34. The van der Waals surface area contributed by atoms with Gasteiger partial charge in [-0.25, -0.2) is 0 Å². The van der Waals surface area contributed by atoms with Crippen molar-refractivity contribution in [2.45, 2.75) is 12.8 Å². The number of hydrogen-bond donors (Lipinski definition) is 1. The van der Waals surface area contributed by atoms with E-state index in [1.54, 1.807) is 7.11 Å². The molecule has 0 atom stereocenters. The summed E-state index contributed by atoms with van der Waals surface area (Å²) in [7, 11) is 1.72. The Morgan fingerprint density at radius 1 is 1.24 bits per heavy atom. The lowest BCUT2D eigenvalue weighted by molar-refractivity contribution is 0.174. The summed E-state index contributed by atoms with van der Waals surface area (Å²) in [6.45, 7) is 3.04. The number of aryl methyl sites for hydroxylation is 1. The van der Waals surface area contributed by atoms with Gasteiger partial charge in [0.05, 0.1) is 6.61 Å². The average Bonchev–Trinajstić information content (AvgIpc) is 2.81. The fourth-order valence-electron chi connectivity index (χ4n) is 1.81. The summed E-state index contributed by atoms with van der Waals surface area (Å²) in [4.78, 5) is 0.